The fourth-order valence-corrected chi connectivity index (χ4v) is 1.72. The highest BCUT2D eigenvalue weighted by Gasteiger charge is 2.06. The third kappa shape index (κ3) is 5.32. The zero-order chi connectivity index (χ0) is 13.4. The molecule has 0 aliphatic rings. The second-order valence-corrected chi connectivity index (χ2v) is 4.85. The van der Waals surface area contributed by atoms with Crippen LogP contribution in [0.3, 0.4) is 0 Å². The van der Waals surface area contributed by atoms with Gasteiger partial charge in [-0.15, -0.1) is 0 Å². The number of rotatable bonds is 7. The number of carbonyl (C=O) groups is 1. The molecule has 0 saturated heterocycles. The fraction of sp³-hybridized carbons (Fsp3) is 0.533. The number of hydrogen-bond donors (Lipinski definition) is 2. The topological polar surface area (TPSA) is 55.1 Å². The van der Waals surface area contributed by atoms with Gasteiger partial charge in [-0.2, -0.15) is 0 Å². The normalized spacial score (nSPS) is 12.2. The Labute approximate surface area is 110 Å². The highest BCUT2D eigenvalue weighted by Crippen LogP contribution is 2.07. The molecule has 3 heteroatoms. The molecule has 0 bridgehead atoms. The summed E-state index contributed by atoms with van der Waals surface area (Å²) in [6.07, 6.45) is 2.56. The van der Waals surface area contributed by atoms with Crippen LogP contribution >= 0.6 is 0 Å². The SMILES string of the molecule is CCC(C)CC(=O)NCc1ccc(CCN)cc1. The van der Waals surface area contributed by atoms with Crippen molar-refractivity contribution in [3.63, 3.8) is 0 Å². The van der Waals surface area contributed by atoms with Crippen molar-refractivity contribution in [2.75, 3.05) is 6.54 Å². The minimum absolute atomic E-state index is 0.135. The Morgan fingerprint density at radius 1 is 1.28 bits per heavy atom. The molecule has 0 aromatic heterocycles. The van der Waals surface area contributed by atoms with Crippen LogP contribution < -0.4 is 11.1 Å². The zero-order valence-corrected chi connectivity index (χ0v) is 11.4. The van der Waals surface area contributed by atoms with E-state index in [9.17, 15) is 4.79 Å². The molecule has 1 aromatic carbocycles. The van der Waals surface area contributed by atoms with Crippen LogP contribution in [0.25, 0.3) is 0 Å². The van der Waals surface area contributed by atoms with Crippen molar-refractivity contribution in [2.24, 2.45) is 11.7 Å². The number of carbonyl (C=O) groups excluding carboxylic acids is 1. The molecule has 0 fully saturated rings. The molecule has 3 nitrogen and oxygen atoms in total. The molecule has 0 aliphatic heterocycles. The molecule has 1 amide bonds. The maximum atomic E-state index is 11.6. The van der Waals surface area contributed by atoms with Crippen LogP contribution in [-0.2, 0) is 17.8 Å². The zero-order valence-electron chi connectivity index (χ0n) is 11.4. The van der Waals surface area contributed by atoms with Crippen LogP contribution in [0.2, 0.25) is 0 Å². The van der Waals surface area contributed by atoms with Gasteiger partial charge in [-0.05, 0) is 30.0 Å². The van der Waals surface area contributed by atoms with Gasteiger partial charge in [-0.3, -0.25) is 4.79 Å². The first-order chi connectivity index (χ1) is 8.65. The van der Waals surface area contributed by atoms with E-state index < -0.39 is 0 Å². The highest BCUT2D eigenvalue weighted by molar-refractivity contribution is 5.76. The first-order valence-electron chi connectivity index (χ1n) is 6.70. The molecular formula is C15H24N2O. The van der Waals surface area contributed by atoms with Gasteiger partial charge in [-0.25, -0.2) is 0 Å². The maximum absolute atomic E-state index is 11.6. The van der Waals surface area contributed by atoms with Gasteiger partial charge in [0.1, 0.15) is 0 Å². The Morgan fingerprint density at radius 2 is 1.89 bits per heavy atom. The lowest BCUT2D eigenvalue weighted by atomic mass is 10.0. The van der Waals surface area contributed by atoms with Crippen molar-refractivity contribution in [1.29, 1.82) is 0 Å². The lowest BCUT2D eigenvalue weighted by molar-refractivity contribution is -0.122. The minimum atomic E-state index is 0.135. The van der Waals surface area contributed by atoms with Gasteiger partial charge in [0, 0.05) is 13.0 Å². The van der Waals surface area contributed by atoms with Crippen molar-refractivity contribution < 1.29 is 4.79 Å². The number of benzene rings is 1. The molecule has 0 saturated carbocycles. The smallest absolute Gasteiger partial charge is 0.220 e. The average molecular weight is 248 g/mol. The molecule has 0 aliphatic carbocycles. The van der Waals surface area contributed by atoms with E-state index in [4.69, 9.17) is 5.73 Å². The van der Waals surface area contributed by atoms with Crippen LogP contribution in [-0.4, -0.2) is 12.5 Å². The van der Waals surface area contributed by atoms with Crippen LogP contribution in [0.5, 0.6) is 0 Å². The van der Waals surface area contributed by atoms with E-state index in [0.717, 1.165) is 18.4 Å². The van der Waals surface area contributed by atoms with E-state index in [1.807, 2.05) is 0 Å². The second-order valence-electron chi connectivity index (χ2n) is 4.85. The number of nitrogens with one attached hydrogen (secondary N) is 1. The largest absolute Gasteiger partial charge is 0.352 e. The second kappa shape index (κ2) is 7.88. The van der Waals surface area contributed by atoms with E-state index in [1.165, 1.54) is 5.56 Å². The molecule has 1 unspecified atom stereocenters. The molecule has 0 radical (unpaired) electrons. The highest BCUT2D eigenvalue weighted by atomic mass is 16.1. The van der Waals surface area contributed by atoms with Gasteiger partial charge < -0.3 is 11.1 Å². The third-order valence-corrected chi connectivity index (χ3v) is 3.18. The van der Waals surface area contributed by atoms with Crippen LogP contribution in [0, 0.1) is 5.92 Å². The molecule has 100 valence electrons. The van der Waals surface area contributed by atoms with Crippen molar-refractivity contribution in [3.05, 3.63) is 35.4 Å². The van der Waals surface area contributed by atoms with E-state index >= 15 is 0 Å². The Hall–Kier alpha value is -1.35. The number of amides is 1. The van der Waals surface area contributed by atoms with E-state index in [-0.39, 0.29) is 5.91 Å². The predicted octanol–water partition coefficient (Wildman–Crippen LogP) is 2.24. The summed E-state index contributed by atoms with van der Waals surface area (Å²) in [6, 6.07) is 8.25. The Bertz CT molecular complexity index is 359. The molecule has 1 aromatic rings. The van der Waals surface area contributed by atoms with Crippen LogP contribution in [0.4, 0.5) is 0 Å². The van der Waals surface area contributed by atoms with Gasteiger partial charge in [-0.1, -0.05) is 44.5 Å². The molecule has 18 heavy (non-hydrogen) atoms. The minimum Gasteiger partial charge on any atom is -0.352 e. The van der Waals surface area contributed by atoms with E-state index in [0.29, 0.717) is 25.4 Å². The number of hydrogen-bond acceptors (Lipinski definition) is 2. The summed E-state index contributed by atoms with van der Waals surface area (Å²) < 4.78 is 0. The quantitative estimate of drug-likeness (QED) is 0.777. The Kier molecular flexibility index (Phi) is 6.44. The molecule has 0 heterocycles. The Morgan fingerprint density at radius 3 is 2.44 bits per heavy atom. The lowest BCUT2D eigenvalue weighted by Gasteiger charge is -2.09. The summed E-state index contributed by atoms with van der Waals surface area (Å²) in [4.78, 5) is 11.6. The van der Waals surface area contributed by atoms with Gasteiger partial charge in [0.2, 0.25) is 5.91 Å². The van der Waals surface area contributed by atoms with E-state index in [1.54, 1.807) is 0 Å². The Balaban J connectivity index is 2.36. The van der Waals surface area contributed by atoms with Crippen molar-refractivity contribution in [1.82, 2.24) is 5.32 Å². The fourth-order valence-electron chi connectivity index (χ4n) is 1.72. The summed E-state index contributed by atoms with van der Waals surface area (Å²) >= 11 is 0. The predicted molar refractivity (Wildman–Crippen MR) is 75.1 cm³/mol. The third-order valence-electron chi connectivity index (χ3n) is 3.18. The molecule has 1 atom stereocenters. The monoisotopic (exact) mass is 248 g/mol. The molecular weight excluding hydrogens is 224 g/mol. The van der Waals surface area contributed by atoms with Crippen LogP contribution in [0.1, 0.15) is 37.8 Å². The summed E-state index contributed by atoms with van der Waals surface area (Å²) in [5.41, 5.74) is 7.87. The van der Waals surface area contributed by atoms with E-state index in [2.05, 4.69) is 43.4 Å². The van der Waals surface area contributed by atoms with Crippen molar-refractivity contribution in [3.8, 4) is 0 Å². The average Bonchev–Trinajstić information content (AvgIpc) is 2.38. The summed E-state index contributed by atoms with van der Waals surface area (Å²) in [7, 11) is 0. The molecule has 0 spiro atoms. The van der Waals surface area contributed by atoms with Gasteiger partial charge in [0.25, 0.3) is 0 Å². The van der Waals surface area contributed by atoms with Crippen molar-refractivity contribution in [2.45, 2.75) is 39.7 Å². The van der Waals surface area contributed by atoms with Gasteiger partial charge >= 0.3 is 0 Å². The van der Waals surface area contributed by atoms with Crippen LogP contribution in [0.15, 0.2) is 24.3 Å². The first-order valence-corrected chi connectivity index (χ1v) is 6.70. The summed E-state index contributed by atoms with van der Waals surface area (Å²) in [5, 5.41) is 2.95. The lowest BCUT2D eigenvalue weighted by Crippen LogP contribution is -2.24. The van der Waals surface area contributed by atoms with Gasteiger partial charge in [0.05, 0.1) is 0 Å². The number of nitrogens with two attached hydrogens (primary N) is 1. The van der Waals surface area contributed by atoms with Crippen molar-refractivity contribution >= 4 is 5.91 Å². The summed E-state index contributed by atoms with van der Waals surface area (Å²) in [5.74, 6) is 0.590. The standard InChI is InChI=1S/C15H24N2O/c1-3-12(2)10-15(18)17-11-14-6-4-13(5-7-14)8-9-16/h4-7,12H,3,8-11,16H2,1-2H3,(H,17,18). The maximum Gasteiger partial charge on any atom is 0.220 e. The molecule has 3 N–H and O–H groups in total. The molecule has 1 rings (SSSR count). The summed E-state index contributed by atoms with van der Waals surface area (Å²) in [6.45, 7) is 5.48. The first kappa shape index (κ1) is 14.7. The van der Waals surface area contributed by atoms with Gasteiger partial charge in [0.15, 0.2) is 0 Å².